The number of alkyl halides is 3. The second kappa shape index (κ2) is 8.53. The van der Waals surface area contributed by atoms with Crippen LogP contribution in [0.1, 0.15) is 11.1 Å². The lowest BCUT2D eigenvalue weighted by Crippen LogP contribution is -2.22. The maximum Gasteiger partial charge on any atom is 0.418 e. The molecule has 2 aromatic carbocycles. The Morgan fingerprint density at radius 3 is 2.46 bits per heavy atom. The van der Waals surface area contributed by atoms with Crippen molar-refractivity contribution in [3.63, 3.8) is 0 Å². The van der Waals surface area contributed by atoms with Crippen LogP contribution >= 0.6 is 11.6 Å². The molecule has 2 rings (SSSR count). The summed E-state index contributed by atoms with van der Waals surface area (Å²) in [6, 6.07) is 11.8. The first-order valence-corrected chi connectivity index (χ1v) is 7.70. The second-order valence-electron chi connectivity index (χ2n) is 5.09. The molecule has 0 saturated heterocycles. The molecule has 2 aromatic rings. The maximum absolute atomic E-state index is 13.0. The maximum atomic E-state index is 13.0. The van der Waals surface area contributed by atoms with Crippen LogP contribution in [0.5, 0.6) is 0 Å². The van der Waals surface area contributed by atoms with E-state index in [1.807, 2.05) is 6.07 Å². The summed E-state index contributed by atoms with van der Waals surface area (Å²) in [5, 5.41) is 1.94. The largest absolute Gasteiger partial charge is 0.452 e. The van der Waals surface area contributed by atoms with E-state index in [2.05, 4.69) is 5.32 Å². The van der Waals surface area contributed by atoms with Gasteiger partial charge in [0.1, 0.15) is 0 Å². The number of anilines is 1. The first-order valence-electron chi connectivity index (χ1n) is 7.32. The van der Waals surface area contributed by atoms with Crippen molar-refractivity contribution >= 4 is 35.2 Å². The minimum atomic E-state index is -4.69. The van der Waals surface area contributed by atoms with Crippen molar-refractivity contribution in [1.82, 2.24) is 0 Å². The van der Waals surface area contributed by atoms with Crippen LogP contribution in [0.3, 0.4) is 0 Å². The molecule has 26 heavy (non-hydrogen) atoms. The molecule has 136 valence electrons. The number of esters is 1. The van der Waals surface area contributed by atoms with Gasteiger partial charge in [-0.2, -0.15) is 13.2 Å². The molecule has 0 aromatic heterocycles. The number of ether oxygens (including phenoxy) is 1. The summed E-state index contributed by atoms with van der Waals surface area (Å²) in [4.78, 5) is 23.3. The second-order valence-corrected chi connectivity index (χ2v) is 5.52. The number of benzene rings is 2. The van der Waals surface area contributed by atoms with Crippen LogP contribution in [0, 0.1) is 0 Å². The standard InChI is InChI=1S/C18H13ClF3NO3/c19-13-7-8-15(14(10-13)18(20,21)22)23-16(24)11-26-17(25)9-6-12-4-2-1-3-5-12/h1-10H,11H2,(H,23,24). The van der Waals surface area contributed by atoms with E-state index in [1.165, 1.54) is 12.1 Å². The number of halogens is 4. The average molecular weight is 384 g/mol. The molecule has 0 fully saturated rings. The summed E-state index contributed by atoms with van der Waals surface area (Å²) in [5.41, 5.74) is -0.804. The van der Waals surface area contributed by atoms with E-state index in [9.17, 15) is 22.8 Å². The number of hydrogen-bond donors (Lipinski definition) is 1. The van der Waals surface area contributed by atoms with Gasteiger partial charge in [0.15, 0.2) is 6.61 Å². The highest BCUT2D eigenvalue weighted by Crippen LogP contribution is 2.36. The van der Waals surface area contributed by atoms with Gasteiger partial charge in [-0.3, -0.25) is 4.79 Å². The van der Waals surface area contributed by atoms with Gasteiger partial charge in [0.2, 0.25) is 0 Å². The molecule has 1 N–H and O–H groups in total. The zero-order chi connectivity index (χ0) is 19.2. The lowest BCUT2D eigenvalue weighted by Gasteiger charge is -2.14. The molecule has 0 unspecified atom stereocenters. The SMILES string of the molecule is O=C(COC(=O)C=Cc1ccccc1)Nc1ccc(Cl)cc1C(F)(F)F. The van der Waals surface area contributed by atoms with Gasteiger partial charge in [0.25, 0.3) is 5.91 Å². The predicted octanol–water partition coefficient (Wildman–Crippen LogP) is 4.55. The molecule has 0 aliphatic carbocycles. The van der Waals surface area contributed by atoms with E-state index in [0.29, 0.717) is 6.07 Å². The highest BCUT2D eigenvalue weighted by molar-refractivity contribution is 6.30. The molecular formula is C18H13ClF3NO3. The average Bonchev–Trinajstić information content (AvgIpc) is 2.59. The Morgan fingerprint density at radius 1 is 1.12 bits per heavy atom. The molecular weight excluding hydrogens is 371 g/mol. The van der Waals surface area contributed by atoms with Crippen LogP contribution in [0.25, 0.3) is 6.08 Å². The quantitative estimate of drug-likeness (QED) is 0.608. The first kappa shape index (κ1) is 19.5. The van der Waals surface area contributed by atoms with E-state index in [1.54, 1.807) is 24.3 Å². The molecule has 8 heteroatoms. The van der Waals surface area contributed by atoms with Gasteiger partial charge >= 0.3 is 12.1 Å². The molecule has 0 heterocycles. The Morgan fingerprint density at radius 2 is 1.81 bits per heavy atom. The van der Waals surface area contributed by atoms with E-state index in [-0.39, 0.29) is 5.02 Å². The molecule has 0 bridgehead atoms. The van der Waals surface area contributed by atoms with Gasteiger partial charge in [-0.05, 0) is 29.8 Å². The van der Waals surface area contributed by atoms with Gasteiger partial charge < -0.3 is 10.1 Å². The van der Waals surface area contributed by atoms with Gasteiger partial charge in [0, 0.05) is 11.1 Å². The molecule has 0 radical (unpaired) electrons. The van der Waals surface area contributed by atoms with E-state index in [0.717, 1.165) is 17.7 Å². The minimum Gasteiger partial charge on any atom is -0.452 e. The van der Waals surface area contributed by atoms with Crippen LogP contribution in [0.4, 0.5) is 18.9 Å². The van der Waals surface area contributed by atoms with Gasteiger partial charge in [-0.1, -0.05) is 41.9 Å². The Kier molecular flexibility index (Phi) is 6.41. The van der Waals surface area contributed by atoms with Gasteiger partial charge in [0.05, 0.1) is 11.3 Å². The normalized spacial score (nSPS) is 11.4. The minimum absolute atomic E-state index is 0.118. The molecule has 0 spiro atoms. The van der Waals surface area contributed by atoms with E-state index < -0.39 is 35.9 Å². The molecule has 1 amide bonds. The fourth-order valence-corrected chi connectivity index (χ4v) is 2.13. The van der Waals surface area contributed by atoms with Crippen LogP contribution in [0.2, 0.25) is 5.02 Å². The number of nitrogens with one attached hydrogen (secondary N) is 1. The Labute approximate surface area is 152 Å². The monoisotopic (exact) mass is 383 g/mol. The van der Waals surface area contributed by atoms with Crippen molar-refractivity contribution in [3.05, 3.63) is 70.8 Å². The van der Waals surface area contributed by atoms with Crippen LogP contribution in [0.15, 0.2) is 54.6 Å². The summed E-state index contributed by atoms with van der Waals surface area (Å²) < 4.78 is 43.6. The Hall–Kier alpha value is -2.80. The summed E-state index contributed by atoms with van der Waals surface area (Å²) >= 11 is 5.56. The number of rotatable bonds is 5. The topological polar surface area (TPSA) is 55.4 Å². The van der Waals surface area contributed by atoms with Crippen LogP contribution in [-0.4, -0.2) is 18.5 Å². The van der Waals surface area contributed by atoms with E-state index >= 15 is 0 Å². The molecule has 4 nitrogen and oxygen atoms in total. The number of carbonyl (C=O) groups is 2. The third-order valence-corrected chi connectivity index (χ3v) is 3.35. The van der Waals surface area contributed by atoms with Crippen molar-refractivity contribution in [2.24, 2.45) is 0 Å². The highest BCUT2D eigenvalue weighted by Gasteiger charge is 2.34. The van der Waals surface area contributed by atoms with Crippen LogP contribution < -0.4 is 5.32 Å². The third kappa shape index (κ3) is 5.93. The third-order valence-electron chi connectivity index (χ3n) is 3.12. The summed E-state index contributed by atoms with van der Waals surface area (Å²) in [7, 11) is 0. The Balaban J connectivity index is 1.93. The lowest BCUT2D eigenvalue weighted by atomic mass is 10.1. The van der Waals surface area contributed by atoms with Crippen molar-refractivity contribution in [2.75, 3.05) is 11.9 Å². The Bertz CT molecular complexity index is 820. The number of carbonyl (C=O) groups excluding carboxylic acids is 2. The van der Waals surface area contributed by atoms with Crippen LogP contribution in [-0.2, 0) is 20.5 Å². The fraction of sp³-hybridized carbons (Fsp3) is 0.111. The van der Waals surface area contributed by atoms with Gasteiger partial charge in [-0.25, -0.2) is 4.79 Å². The van der Waals surface area contributed by atoms with Crippen molar-refractivity contribution in [1.29, 1.82) is 0 Å². The fourth-order valence-electron chi connectivity index (χ4n) is 1.96. The summed E-state index contributed by atoms with van der Waals surface area (Å²) in [5.74, 6) is -1.70. The van der Waals surface area contributed by atoms with E-state index in [4.69, 9.17) is 16.3 Å². The first-order chi connectivity index (χ1) is 12.3. The summed E-state index contributed by atoms with van der Waals surface area (Å²) in [6.07, 6.45) is -2.09. The zero-order valence-corrected chi connectivity index (χ0v) is 14.0. The van der Waals surface area contributed by atoms with Crippen molar-refractivity contribution in [2.45, 2.75) is 6.18 Å². The molecule has 0 saturated carbocycles. The van der Waals surface area contributed by atoms with Crippen molar-refractivity contribution < 1.29 is 27.5 Å². The molecule has 0 aliphatic rings. The van der Waals surface area contributed by atoms with Crippen molar-refractivity contribution in [3.8, 4) is 0 Å². The zero-order valence-electron chi connectivity index (χ0n) is 13.2. The number of hydrogen-bond acceptors (Lipinski definition) is 3. The van der Waals surface area contributed by atoms with Gasteiger partial charge in [-0.15, -0.1) is 0 Å². The number of amides is 1. The highest BCUT2D eigenvalue weighted by atomic mass is 35.5. The summed E-state index contributed by atoms with van der Waals surface area (Å²) in [6.45, 7) is -0.724. The smallest absolute Gasteiger partial charge is 0.418 e. The molecule has 0 aliphatic heterocycles. The molecule has 0 atom stereocenters. The predicted molar refractivity (Wildman–Crippen MR) is 91.5 cm³/mol. The lowest BCUT2D eigenvalue weighted by molar-refractivity contribution is -0.142.